The number of amides is 1. The molecule has 1 aliphatic carbocycles. The van der Waals surface area contributed by atoms with E-state index in [1.807, 2.05) is 4.90 Å². The minimum Gasteiger partial charge on any atom is -0.350 e. The summed E-state index contributed by atoms with van der Waals surface area (Å²) in [5.41, 5.74) is 3.26. The number of likely N-dealkylation sites (tertiary alicyclic amines) is 1. The number of aromatic amines is 1. The van der Waals surface area contributed by atoms with Gasteiger partial charge in [0.2, 0.25) is 5.76 Å². The molecule has 1 aliphatic heterocycles. The summed E-state index contributed by atoms with van der Waals surface area (Å²) in [6, 6.07) is 4.34. The van der Waals surface area contributed by atoms with Crippen LogP contribution in [0.25, 0.3) is 11.0 Å². The van der Waals surface area contributed by atoms with Gasteiger partial charge in [-0.15, -0.1) is 0 Å². The van der Waals surface area contributed by atoms with Crippen LogP contribution in [0.2, 0.25) is 0 Å². The van der Waals surface area contributed by atoms with Crippen molar-refractivity contribution in [2.45, 2.75) is 51.0 Å². The van der Waals surface area contributed by atoms with Crippen molar-refractivity contribution in [3.63, 3.8) is 0 Å². The van der Waals surface area contributed by atoms with Gasteiger partial charge in [0, 0.05) is 12.1 Å². The highest BCUT2D eigenvalue weighted by atomic mass is 19.1. The Hall–Kier alpha value is -2.70. The van der Waals surface area contributed by atoms with E-state index < -0.39 is 0 Å². The second-order valence-electron chi connectivity index (χ2n) is 7.44. The number of aryl methyl sites for hydroxylation is 1. The average Bonchev–Trinajstić information content (AvgIpc) is 3.31. The quantitative estimate of drug-likeness (QED) is 0.743. The Morgan fingerprint density at radius 1 is 1.22 bits per heavy atom. The highest BCUT2D eigenvalue weighted by Gasteiger charge is 2.35. The number of carbonyl (C=O) groups excluding carboxylic acids is 1. The molecule has 1 fully saturated rings. The van der Waals surface area contributed by atoms with Gasteiger partial charge >= 0.3 is 0 Å². The molecule has 1 atom stereocenters. The highest BCUT2D eigenvalue weighted by molar-refractivity contribution is 5.93. The number of nitrogens with zero attached hydrogens (tertiary/aromatic N) is 3. The summed E-state index contributed by atoms with van der Waals surface area (Å²) in [4.78, 5) is 22.9. The first-order chi connectivity index (χ1) is 13.2. The van der Waals surface area contributed by atoms with E-state index in [1.54, 1.807) is 6.07 Å². The predicted molar refractivity (Wildman–Crippen MR) is 96.8 cm³/mol. The summed E-state index contributed by atoms with van der Waals surface area (Å²) in [5.74, 6) is 0.681. The zero-order valence-electron chi connectivity index (χ0n) is 15.0. The third kappa shape index (κ3) is 2.81. The zero-order valence-corrected chi connectivity index (χ0v) is 15.0. The molecule has 1 aromatic carbocycles. The van der Waals surface area contributed by atoms with Crippen LogP contribution in [0.4, 0.5) is 4.39 Å². The fourth-order valence-corrected chi connectivity index (χ4v) is 4.31. The maximum Gasteiger partial charge on any atom is 0.293 e. The normalized spacial score (nSPS) is 20.0. The van der Waals surface area contributed by atoms with E-state index in [0.717, 1.165) is 56.2 Å². The molecule has 0 bridgehead atoms. The molecule has 0 saturated carbocycles. The van der Waals surface area contributed by atoms with E-state index in [1.165, 1.54) is 12.1 Å². The molecule has 6 nitrogen and oxygen atoms in total. The van der Waals surface area contributed by atoms with Gasteiger partial charge in [-0.05, 0) is 63.1 Å². The standard InChI is InChI=1S/C20H21FN4O2/c21-12-8-9-15-16(11-12)23-19(22-15)17-7-3-4-10-25(17)20(26)18-13-5-1-2-6-14(13)24-27-18/h8-9,11,17H,1-7,10H2,(H,22,23)/t17-/m0/s1. The van der Waals surface area contributed by atoms with Crippen molar-refractivity contribution in [1.82, 2.24) is 20.0 Å². The number of carbonyl (C=O) groups is 1. The van der Waals surface area contributed by atoms with Gasteiger partial charge in [-0.3, -0.25) is 4.79 Å². The van der Waals surface area contributed by atoms with Gasteiger partial charge in [0.25, 0.3) is 5.91 Å². The Morgan fingerprint density at radius 2 is 2.11 bits per heavy atom. The van der Waals surface area contributed by atoms with Crippen LogP contribution in [0.1, 0.15) is 65.8 Å². The molecule has 0 radical (unpaired) electrons. The second-order valence-corrected chi connectivity index (χ2v) is 7.44. The second kappa shape index (κ2) is 6.48. The number of rotatable bonds is 2. The van der Waals surface area contributed by atoms with Crippen molar-refractivity contribution in [1.29, 1.82) is 0 Å². The predicted octanol–water partition coefficient (Wildman–Crippen LogP) is 3.94. The average molecular weight is 368 g/mol. The molecule has 5 rings (SSSR count). The summed E-state index contributed by atoms with van der Waals surface area (Å²) >= 11 is 0. The van der Waals surface area contributed by atoms with Gasteiger partial charge in [-0.1, -0.05) is 5.16 Å². The Labute approximate surface area is 155 Å². The summed E-state index contributed by atoms with van der Waals surface area (Å²) in [5, 5.41) is 4.13. The number of hydrogen-bond acceptors (Lipinski definition) is 4. The van der Waals surface area contributed by atoms with Crippen LogP contribution in [0.3, 0.4) is 0 Å². The fraction of sp³-hybridized carbons (Fsp3) is 0.450. The first-order valence-electron chi connectivity index (χ1n) is 9.64. The molecule has 27 heavy (non-hydrogen) atoms. The molecule has 1 N–H and O–H groups in total. The molecule has 7 heteroatoms. The molecular weight excluding hydrogens is 347 g/mol. The van der Waals surface area contributed by atoms with Gasteiger partial charge in [-0.25, -0.2) is 9.37 Å². The van der Waals surface area contributed by atoms with Crippen LogP contribution >= 0.6 is 0 Å². The molecule has 1 saturated heterocycles. The first-order valence-corrected chi connectivity index (χ1v) is 9.64. The van der Waals surface area contributed by atoms with Crippen molar-refractivity contribution in [2.75, 3.05) is 6.54 Å². The van der Waals surface area contributed by atoms with E-state index in [9.17, 15) is 9.18 Å². The van der Waals surface area contributed by atoms with Gasteiger partial charge < -0.3 is 14.4 Å². The number of halogens is 1. The molecule has 2 aromatic heterocycles. The maximum atomic E-state index is 13.5. The van der Waals surface area contributed by atoms with Crippen molar-refractivity contribution < 1.29 is 13.7 Å². The van der Waals surface area contributed by atoms with Gasteiger partial charge in [0.05, 0.1) is 22.8 Å². The lowest BCUT2D eigenvalue weighted by Crippen LogP contribution is -2.39. The lowest BCUT2D eigenvalue weighted by molar-refractivity contribution is 0.0557. The van der Waals surface area contributed by atoms with Crippen LogP contribution in [0.15, 0.2) is 22.7 Å². The number of H-pyrrole nitrogens is 1. The lowest BCUT2D eigenvalue weighted by atomic mass is 9.95. The van der Waals surface area contributed by atoms with Crippen LogP contribution in [0.5, 0.6) is 0 Å². The fourth-order valence-electron chi connectivity index (χ4n) is 4.31. The monoisotopic (exact) mass is 368 g/mol. The van der Waals surface area contributed by atoms with Crippen LogP contribution in [-0.2, 0) is 12.8 Å². The number of hydrogen-bond donors (Lipinski definition) is 1. The minimum atomic E-state index is -0.303. The van der Waals surface area contributed by atoms with E-state index in [0.29, 0.717) is 29.2 Å². The molecule has 0 unspecified atom stereocenters. The summed E-state index contributed by atoms with van der Waals surface area (Å²) in [6.07, 6.45) is 6.68. The molecule has 3 heterocycles. The van der Waals surface area contributed by atoms with E-state index in [2.05, 4.69) is 15.1 Å². The number of nitrogens with one attached hydrogen (secondary N) is 1. The summed E-state index contributed by atoms with van der Waals surface area (Å²) < 4.78 is 19.0. The minimum absolute atomic E-state index is 0.109. The Bertz CT molecular complexity index is 1010. The van der Waals surface area contributed by atoms with Crippen LogP contribution in [0, 0.1) is 5.82 Å². The van der Waals surface area contributed by atoms with Crippen molar-refractivity contribution in [3.8, 4) is 0 Å². The van der Waals surface area contributed by atoms with Crippen molar-refractivity contribution in [3.05, 3.63) is 46.9 Å². The number of benzene rings is 1. The number of imidazole rings is 1. The molecule has 0 spiro atoms. The van der Waals surface area contributed by atoms with E-state index in [-0.39, 0.29) is 17.8 Å². The molecule has 140 valence electrons. The largest absolute Gasteiger partial charge is 0.350 e. The van der Waals surface area contributed by atoms with Gasteiger partial charge in [-0.2, -0.15) is 0 Å². The molecular formula is C20H21FN4O2. The maximum absolute atomic E-state index is 13.5. The Balaban J connectivity index is 1.49. The topological polar surface area (TPSA) is 75.0 Å². The van der Waals surface area contributed by atoms with Crippen molar-refractivity contribution in [2.24, 2.45) is 0 Å². The number of piperidine rings is 1. The zero-order chi connectivity index (χ0) is 18.4. The third-order valence-corrected chi connectivity index (χ3v) is 5.70. The SMILES string of the molecule is O=C(c1onc2c1CCCC2)N1CCCC[C@H]1c1nc2ccc(F)cc2[nH]1. The third-order valence-electron chi connectivity index (χ3n) is 5.70. The van der Waals surface area contributed by atoms with Crippen LogP contribution in [-0.4, -0.2) is 32.5 Å². The van der Waals surface area contributed by atoms with Crippen LogP contribution < -0.4 is 0 Å². The number of fused-ring (bicyclic) bond motifs is 2. The lowest BCUT2D eigenvalue weighted by Gasteiger charge is -2.34. The highest BCUT2D eigenvalue weighted by Crippen LogP contribution is 2.33. The van der Waals surface area contributed by atoms with Gasteiger partial charge in [0.15, 0.2) is 0 Å². The first kappa shape index (κ1) is 16.5. The Morgan fingerprint density at radius 3 is 3.04 bits per heavy atom. The van der Waals surface area contributed by atoms with E-state index >= 15 is 0 Å². The smallest absolute Gasteiger partial charge is 0.293 e. The molecule has 1 amide bonds. The number of aromatic nitrogens is 3. The Kier molecular flexibility index (Phi) is 3.95. The summed E-state index contributed by atoms with van der Waals surface area (Å²) in [6.45, 7) is 0.657. The van der Waals surface area contributed by atoms with Gasteiger partial charge in [0.1, 0.15) is 11.6 Å². The van der Waals surface area contributed by atoms with E-state index in [4.69, 9.17) is 4.52 Å². The molecule has 3 aromatic rings. The van der Waals surface area contributed by atoms with Crippen molar-refractivity contribution >= 4 is 16.9 Å². The molecule has 2 aliphatic rings. The summed E-state index contributed by atoms with van der Waals surface area (Å²) in [7, 11) is 0.